The van der Waals surface area contributed by atoms with Gasteiger partial charge >= 0.3 is 0 Å². The topological polar surface area (TPSA) is 9.23 Å². The van der Waals surface area contributed by atoms with E-state index in [4.69, 9.17) is 34.4 Å². The highest BCUT2D eigenvalue weighted by Crippen LogP contribution is 2.29. The Hall–Kier alpha value is -1.62. The van der Waals surface area contributed by atoms with Crippen LogP contribution in [0.3, 0.4) is 0 Å². The van der Waals surface area contributed by atoms with Crippen LogP contribution in [0.1, 0.15) is 11.7 Å². The number of hydrogen-bond donors (Lipinski definition) is 0. The monoisotopic (exact) mass is 275 g/mol. The Bertz CT molecular complexity index is 573. The molecule has 0 spiro atoms. The van der Waals surface area contributed by atoms with E-state index in [0.717, 1.165) is 0 Å². The van der Waals surface area contributed by atoms with Crippen LogP contribution in [0.2, 0.25) is 10.0 Å². The molecule has 2 aromatic rings. The molecule has 0 fully saturated rings. The van der Waals surface area contributed by atoms with E-state index in [0.29, 0.717) is 21.4 Å². The summed E-state index contributed by atoms with van der Waals surface area (Å²) >= 11 is 12.0. The molecule has 0 aliphatic carbocycles. The maximum atomic E-state index is 6.10. The lowest BCUT2D eigenvalue weighted by Gasteiger charge is -2.15. The van der Waals surface area contributed by atoms with E-state index in [9.17, 15) is 0 Å². The van der Waals surface area contributed by atoms with Gasteiger partial charge in [0.1, 0.15) is 5.75 Å². The minimum Gasteiger partial charge on any atom is -0.473 e. The van der Waals surface area contributed by atoms with Gasteiger partial charge in [0.15, 0.2) is 6.10 Å². The first-order chi connectivity index (χ1) is 8.70. The average Bonchev–Trinajstić information content (AvgIpc) is 2.40. The summed E-state index contributed by atoms with van der Waals surface area (Å²) in [5.74, 6) is 3.22. The van der Waals surface area contributed by atoms with Crippen molar-refractivity contribution >= 4 is 23.2 Å². The second-order valence-corrected chi connectivity index (χ2v) is 4.41. The lowest BCUT2D eigenvalue weighted by molar-refractivity contribution is 0.265. The van der Waals surface area contributed by atoms with Gasteiger partial charge in [0.2, 0.25) is 0 Å². The number of benzene rings is 2. The smallest absolute Gasteiger partial charge is 0.185 e. The molecule has 0 aromatic heterocycles. The zero-order chi connectivity index (χ0) is 13.0. The molecule has 2 aromatic carbocycles. The van der Waals surface area contributed by atoms with Gasteiger partial charge in [-0.05, 0) is 36.4 Å². The molecule has 0 aliphatic heterocycles. The summed E-state index contributed by atoms with van der Waals surface area (Å²) in [6.07, 6.45) is 4.92. The molecule has 1 unspecified atom stereocenters. The zero-order valence-corrected chi connectivity index (χ0v) is 10.9. The third-order valence-corrected chi connectivity index (χ3v) is 2.91. The Kier molecular flexibility index (Phi) is 4.15. The van der Waals surface area contributed by atoms with Crippen molar-refractivity contribution in [3.8, 4) is 18.1 Å². The van der Waals surface area contributed by atoms with Crippen LogP contribution in [0.15, 0.2) is 42.5 Å². The molecule has 0 N–H and O–H groups in total. The van der Waals surface area contributed by atoms with Crippen LogP contribution in [0.25, 0.3) is 0 Å². The Morgan fingerprint density at radius 2 is 1.89 bits per heavy atom. The largest absolute Gasteiger partial charge is 0.473 e. The first kappa shape index (κ1) is 12.8. The van der Waals surface area contributed by atoms with E-state index in [1.807, 2.05) is 0 Å². The molecule has 1 radical (unpaired) electrons. The molecule has 18 heavy (non-hydrogen) atoms. The second-order valence-electron chi connectivity index (χ2n) is 3.57. The van der Waals surface area contributed by atoms with E-state index >= 15 is 0 Å². The third-order valence-electron chi connectivity index (χ3n) is 2.33. The highest BCUT2D eigenvalue weighted by atomic mass is 35.5. The fourth-order valence-corrected chi connectivity index (χ4v) is 1.89. The maximum Gasteiger partial charge on any atom is 0.185 e. The maximum absolute atomic E-state index is 6.10. The van der Waals surface area contributed by atoms with Crippen LogP contribution in [0.4, 0.5) is 0 Å². The standard InChI is InChI=1S/C15H9Cl2O/c1-2-15(18-12-6-4-3-5-7-12)13-10-11(16)8-9-14(13)17/h1,4-10,15H. The molecule has 0 amide bonds. The fourth-order valence-electron chi connectivity index (χ4n) is 1.49. The summed E-state index contributed by atoms with van der Waals surface area (Å²) in [5.41, 5.74) is 0.680. The predicted molar refractivity (Wildman–Crippen MR) is 73.9 cm³/mol. The van der Waals surface area contributed by atoms with Crippen LogP contribution in [0.5, 0.6) is 5.75 Å². The molecular weight excluding hydrogens is 267 g/mol. The highest BCUT2D eigenvalue weighted by molar-refractivity contribution is 6.33. The summed E-state index contributed by atoms with van der Waals surface area (Å²) in [6.45, 7) is 0. The molecule has 0 saturated carbocycles. The van der Waals surface area contributed by atoms with Crippen molar-refractivity contribution in [3.63, 3.8) is 0 Å². The van der Waals surface area contributed by atoms with Gasteiger partial charge in [-0.15, -0.1) is 6.42 Å². The lowest BCUT2D eigenvalue weighted by Crippen LogP contribution is -2.05. The molecule has 1 atom stereocenters. The van der Waals surface area contributed by atoms with Gasteiger partial charge in [-0.1, -0.05) is 41.3 Å². The number of terminal acetylenes is 1. The molecule has 1 nitrogen and oxygen atoms in total. The molecule has 2 rings (SSSR count). The van der Waals surface area contributed by atoms with Crippen molar-refractivity contribution in [1.82, 2.24) is 0 Å². The molecular formula is C15H9Cl2O. The van der Waals surface area contributed by atoms with Crippen LogP contribution in [0, 0.1) is 18.4 Å². The van der Waals surface area contributed by atoms with Crippen molar-refractivity contribution in [3.05, 3.63) is 64.1 Å². The zero-order valence-electron chi connectivity index (χ0n) is 9.36. The molecule has 0 aliphatic rings. The van der Waals surface area contributed by atoms with Gasteiger partial charge in [0.25, 0.3) is 0 Å². The van der Waals surface area contributed by atoms with Gasteiger partial charge in [-0.2, -0.15) is 0 Å². The van der Waals surface area contributed by atoms with Crippen LogP contribution >= 0.6 is 23.2 Å². The summed E-state index contributed by atoms with van der Waals surface area (Å²) in [6, 6.07) is 15.1. The van der Waals surface area contributed by atoms with E-state index in [1.165, 1.54) is 0 Å². The number of ether oxygens (including phenoxy) is 1. The number of hydrogen-bond acceptors (Lipinski definition) is 1. The molecule has 89 valence electrons. The minimum absolute atomic E-state index is 0.532. The first-order valence-corrected chi connectivity index (χ1v) is 6.00. The average molecular weight is 276 g/mol. The molecule has 0 saturated heterocycles. The first-order valence-electron chi connectivity index (χ1n) is 5.24. The van der Waals surface area contributed by atoms with Gasteiger partial charge in [-0.25, -0.2) is 0 Å². The van der Waals surface area contributed by atoms with Crippen molar-refractivity contribution in [2.75, 3.05) is 0 Å². The fraction of sp³-hybridized carbons (Fsp3) is 0.0667. The Morgan fingerprint density at radius 1 is 1.17 bits per heavy atom. The van der Waals surface area contributed by atoms with Gasteiger partial charge in [-0.3, -0.25) is 0 Å². The quantitative estimate of drug-likeness (QED) is 0.747. The minimum atomic E-state index is -0.571. The SMILES string of the molecule is C#CC(Oc1cc[c]cc1)c1cc(Cl)ccc1Cl. The van der Waals surface area contributed by atoms with Crippen LogP contribution < -0.4 is 4.74 Å². The van der Waals surface area contributed by atoms with Gasteiger partial charge < -0.3 is 4.74 Å². The summed E-state index contributed by atoms with van der Waals surface area (Å²) in [4.78, 5) is 0. The Balaban J connectivity index is 2.29. The second kappa shape index (κ2) is 5.82. The number of halogens is 2. The van der Waals surface area contributed by atoms with E-state index in [1.54, 1.807) is 42.5 Å². The Morgan fingerprint density at radius 3 is 2.56 bits per heavy atom. The normalized spacial score (nSPS) is 11.6. The van der Waals surface area contributed by atoms with E-state index in [-0.39, 0.29) is 0 Å². The van der Waals surface area contributed by atoms with Gasteiger partial charge in [0.05, 0.1) is 0 Å². The number of rotatable bonds is 3. The molecule has 0 heterocycles. The summed E-state index contributed by atoms with van der Waals surface area (Å²) in [7, 11) is 0. The third kappa shape index (κ3) is 2.98. The Labute approximate surface area is 116 Å². The molecule has 0 bridgehead atoms. The van der Waals surface area contributed by atoms with Crippen molar-refractivity contribution < 1.29 is 4.74 Å². The predicted octanol–water partition coefficient (Wildman–Crippen LogP) is 4.55. The molecule has 3 heteroatoms. The lowest BCUT2D eigenvalue weighted by atomic mass is 10.1. The van der Waals surface area contributed by atoms with Crippen molar-refractivity contribution in [2.45, 2.75) is 6.10 Å². The van der Waals surface area contributed by atoms with Crippen molar-refractivity contribution in [2.24, 2.45) is 0 Å². The van der Waals surface area contributed by atoms with Crippen LogP contribution in [-0.2, 0) is 0 Å². The highest BCUT2D eigenvalue weighted by Gasteiger charge is 2.14. The van der Waals surface area contributed by atoms with E-state index in [2.05, 4.69) is 12.0 Å². The van der Waals surface area contributed by atoms with Gasteiger partial charge in [0, 0.05) is 15.6 Å². The van der Waals surface area contributed by atoms with E-state index < -0.39 is 6.10 Å². The van der Waals surface area contributed by atoms with Crippen LogP contribution in [-0.4, -0.2) is 0 Å². The summed E-state index contributed by atoms with van der Waals surface area (Å²) < 4.78 is 5.69. The van der Waals surface area contributed by atoms with Crippen molar-refractivity contribution in [1.29, 1.82) is 0 Å². The summed E-state index contributed by atoms with van der Waals surface area (Å²) in [5, 5.41) is 1.10.